The van der Waals surface area contributed by atoms with Gasteiger partial charge in [0.25, 0.3) is 5.69 Å². The van der Waals surface area contributed by atoms with E-state index in [1.807, 2.05) is 13.0 Å². The molecule has 0 saturated carbocycles. The number of nitro benzene ring substituents is 1. The summed E-state index contributed by atoms with van der Waals surface area (Å²) >= 11 is 0. The molecule has 4 atom stereocenters. The summed E-state index contributed by atoms with van der Waals surface area (Å²) in [6, 6.07) is 12.6. The number of allylic oxidation sites excluding steroid dienone is 2. The van der Waals surface area contributed by atoms with Crippen molar-refractivity contribution < 1.29 is 19.3 Å². The van der Waals surface area contributed by atoms with Gasteiger partial charge in [-0.05, 0) is 31.2 Å². The van der Waals surface area contributed by atoms with Crippen molar-refractivity contribution in [2.24, 2.45) is 11.8 Å². The molecule has 2 fully saturated rings. The van der Waals surface area contributed by atoms with Crippen LogP contribution < -0.4 is 4.90 Å². The van der Waals surface area contributed by atoms with Crippen LogP contribution >= 0.6 is 0 Å². The third-order valence-electron chi connectivity index (χ3n) is 6.58. The fourth-order valence-corrected chi connectivity index (χ4v) is 5.01. The molecule has 0 radical (unpaired) electrons. The third kappa shape index (κ3) is 3.11. The molecule has 5 rings (SSSR count). The number of aryl methyl sites for hydroxylation is 1. The van der Waals surface area contributed by atoms with E-state index < -0.39 is 46.4 Å². The molecule has 2 aromatic carbocycles. The first kappa shape index (κ1) is 21.3. The van der Waals surface area contributed by atoms with Gasteiger partial charge in [-0.3, -0.25) is 24.5 Å². The van der Waals surface area contributed by atoms with Gasteiger partial charge in [-0.2, -0.15) is 5.26 Å². The second-order valence-corrected chi connectivity index (χ2v) is 8.50. The summed E-state index contributed by atoms with van der Waals surface area (Å²) in [5.41, 5.74) is 1.55. The first-order chi connectivity index (χ1) is 16.3. The highest BCUT2D eigenvalue weighted by Gasteiger charge is 2.63. The Morgan fingerprint density at radius 1 is 1.09 bits per heavy atom. The number of non-ortho nitro benzene ring substituents is 1. The van der Waals surface area contributed by atoms with Crippen LogP contribution in [0.3, 0.4) is 0 Å². The van der Waals surface area contributed by atoms with Crippen molar-refractivity contribution in [3.8, 4) is 6.07 Å². The predicted octanol–water partition coefficient (Wildman–Crippen LogP) is 2.92. The minimum absolute atomic E-state index is 0.0797. The Hall–Kier alpha value is -4.58. The number of nitriles is 1. The highest BCUT2D eigenvalue weighted by Crippen LogP contribution is 2.47. The SMILES string of the molecule is Cc1ccc(N2C(=O)C3C(C2=O)C(C(=O)c2cccc([N+](=O)[O-])c2)N2C=CC(C#N)=CC32)cc1. The zero-order valence-electron chi connectivity index (χ0n) is 18.0. The molecule has 3 aliphatic rings. The van der Waals surface area contributed by atoms with Gasteiger partial charge < -0.3 is 4.90 Å². The van der Waals surface area contributed by atoms with Crippen LogP contribution in [0.1, 0.15) is 15.9 Å². The second-order valence-electron chi connectivity index (χ2n) is 8.50. The lowest BCUT2D eigenvalue weighted by Gasteiger charge is -2.32. The molecule has 0 N–H and O–H groups in total. The van der Waals surface area contributed by atoms with Gasteiger partial charge in [0.15, 0.2) is 5.78 Å². The zero-order valence-corrected chi connectivity index (χ0v) is 18.0. The van der Waals surface area contributed by atoms with Crippen molar-refractivity contribution in [2.45, 2.75) is 19.0 Å². The van der Waals surface area contributed by atoms with Gasteiger partial charge in [0.05, 0.1) is 40.1 Å². The number of amides is 2. The minimum Gasteiger partial charge on any atom is -0.359 e. The van der Waals surface area contributed by atoms with E-state index in [-0.39, 0.29) is 11.3 Å². The van der Waals surface area contributed by atoms with Crippen LogP contribution in [0.15, 0.2) is 72.5 Å². The number of ketones is 1. The summed E-state index contributed by atoms with van der Waals surface area (Å²) in [6.45, 7) is 1.89. The molecule has 0 aliphatic carbocycles. The van der Waals surface area contributed by atoms with E-state index in [0.29, 0.717) is 11.3 Å². The van der Waals surface area contributed by atoms with Crippen LogP contribution in [-0.4, -0.2) is 39.5 Å². The number of carbonyl (C=O) groups excluding carboxylic acids is 3. The number of nitrogens with zero attached hydrogens (tertiary/aromatic N) is 4. The monoisotopic (exact) mass is 454 g/mol. The minimum atomic E-state index is -1.04. The smallest absolute Gasteiger partial charge is 0.270 e. The number of anilines is 1. The van der Waals surface area contributed by atoms with E-state index in [1.165, 1.54) is 30.3 Å². The van der Waals surface area contributed by atoms with Crippen LogP contribution in [0.25, 0.3) is 0 Å². The van der Waals surface area contributed by atoms with Crippen molar-refractivity contribution in [3.05, 3.63) is 93.7 Å². The zero-order chi connectivity index (χ0) is 24.1. The average Bonchev–Trinajstić information content (AvgIpc) is 3.31. The van der Waals surface area contributed by atoms with Crippen molar-refractivity contribution in [2.75, 3.05) is 4.90 Å². The third-order valence-corrected chi connectivity index (χ3v) is 6.58. The largest absolute Gasteiger partial charge is 0.359 e. The number of nitro groups is 1. The maximum Gasteiger partial charge on any atom is 0.270 e. The van der Waals surface area contributed by atoms with Gasteiger partial charge in [-0.15, -0.1) is 0 Å². The lowest BCUT2D eigenvalue weighted by atomic mass is 9.86. The number of hydrogen-bond donors (Lipinski definition) is 0. The molecular weight excluding hydrogens is 436 g/mol. The van der Waals surface area contributed by atoms with E-state index in [2.05, 4.69) is 0 Å². The fourth-order valence-electron chi connectivity index (χ4n) is 5.01. The molecule has 34 heavy (non-hydrogen) atoms. The molecule has 4 unspecified atom stereocenters. The Morgan fingerprint density at radius 2 is 1.79 bits per heavy atom. The van der Waals surface area contributed by atoms with E-state index in [1.54, 1.807) is 41.4 Å². The first-order valence-electron chi connectivity index (χ1n) is 10.6. The predicted molar refractivity (Wildman–Crippen MR) is 120 cm³/mol. The van der Waals surface area contributed by atoms with Gasteiger partial charge in [0.2, 0.25) is 11.8 Å². The van der Waals surface area contributed by atoms with E-state index >= 15 is 0 Å². The fraction of sp³-hybridized carbons (Fsp3) is 0.200. The molecule has 3 aliphatic heterocycles. The second kappa shape index (κ2) is 7.78. The number of hydrogen-bond acceptors (Lipinski definition) is 7. The molecule has 168 valence electrons. The molecular formula is C25H18N4O5. The number of rotatable bonds is 4. The maximum atomic E-state index is 13.6. The van der Waals surface area contributed by atoms with Crippen LogP contribution in [0.5, 0.6) is 0 Å². The number of carbonyl (C=O) groups is 3. The lowest BCUT2D eigenvalue weighted by Crippen LogP contribution is -2.46. The normalized spacial score (nSPS) is 25.0. The van der Waals surface area contributed by atoms with Gasteiger partial charge >= 0.3 is 0 Å². The number of fused-ring (bicyclic) bond motifs is 3. The molecule has 2 saturated heterocycles. The van der Waals surface area contributed by atoms with Crippen molar-refractivity contribution in [1.82, 2.24) is 4.90 Å². The Labute approximate surface area is 194 Å². The Bertz CT molecular complexity index is 1350. The van der Waals surface area contributed by atoms with E-state index in [9.17, 15) is 29.8 Å². The van der Waals surface area contributed by atoms with Gasteiger partial charge in [0.1, 0.15) is 6.04 Å². The van der Waals surface area contributed by atoms with Crippen LogP contribution in [0.2, 0.25) is 0 Å². The molecule has 9 nitrogen and oxygen atoms in total. The highest BCUT2D eigenvalue weighted by atomic mass is 16.6. The number of Topliss-reactive ketones (excluding diaryl/α,β-unsaturated/α-hetero) is 1. The summed E-state index contributed by atoms with van der Waals surface area (Å²) in [5, 5.41) is 20.6. The lowest BCUT2D eigenvalue weighted by molar-refractivity contribution is -0.384. The summed E-state index contributed by atoms with van der Waals surface area (Å²) in [7, 11) is 0. The molecule has 0 bridgehead atoms. The van der Waals surface area contributed by atoms with E-state index in [4.69, 9.17) is 0 Å². The van der Waals surface area contributed by atoms with E-state index in [0.717, 1.165) is 10.5 Å². The standard InChI is InChI=1S/C25H18N4O5/c1-14-5-7-17(8-6-14)28-24(31)20-19-11-15(13-26)9-10-27(19)22(21(20)25(28)32)23(30)16-3-2-4-18(12-16)29(33)34/h2-12,19-22H,1H3. The van der Waals surface area contributed by atoms with Gasteiger partial charge in [-0.1, -0.05) is 29.8 Å². The Balaban J connectivity index is 1.60. The molecule has 2 amide bonds. The van der Waals surface area contributed by atoms with Crippen LogP contribution in [-0.2, 0) is 9.59 Å². The molecule has 0 aromatic heterocycles. The number of imide groups is 1. The molecule has 0 spiro atoms. The summed E-state index contributed by atoms with van der Waals surface area (Å²) in [6.07, 6.45) is 4.68. The summed E-state index contributed by atoms with van der Waals surface area (Å²) in [4.78, 5) is 54.1. The summed E-state index contributed by atoms with van der Waals surface area (Å²) in [5.74, 6) is -3.30. The Kier molecular flexibility index (Phi) is 4.87. The highest BCUT2D eigenvalue weighted by molar-refractivity contribution is 6.24. The van der Waals surface area contributed by atoms with Crippen LogP contribution in [0.4, 0.5) is 11.4 Å². The molecule has 9 heteroatoms. The average molecular weight is 454 g/mol. The first-order valence-corrected chi connectivity index (χ1v) is 10.6. The van der Waals surface area contributed by atoms with Gasteiger partial charge in [0, 0.05) is 23.9 Å². The van der Waals surface area contributed by atoms with Crippen molar-refractivity contribution >= 4 is 29.0 Å². The maximum absolute atomic E-state index is 13.6. The van der Waals surface area contributed by atoms with Crippen molar-refractivity contribution in [3.63, 3.8) is 0 Å². The Morgan fingerprint density at radius 3 is 2.47 bits per heavy atom. The number of benzene rings is 2. The summed E-state index contributed by atoms with van der Waals surface area (Å²) < 4.78 is 0. The van der Waals surface area contributed by atoms with Crippen LogP contribution in [0, 0.1) is 40.2 Å². The molecule has 3 heterocycles. The van der Waals surface area contributed by atoms with Gasteiger partial charge in [-0.25, -0.2) is 4.90 Å². The van der Waals surface area contributed by atoms with Crippen molar-refractivity contribution in [1.29, 1.82) is 5.26 Å². The molecule has 2 aromatic rings. The topological polar surface area (TPSA) is 125 Å². The quantitative estimate of drug-likeness (QED) is 0.301.